The van der Waals surface area contributed by atoms with Crippen molar-refractivity contribution in [3.05, 3.63) is 94.9 Å². The van der Waals surface area contributed by atoms with Crippen LogP contribution in [0.2, 0.25) is 5.02 Å². The molecule has 1 fully saturated rings. The van der Waals surface area contributed by atoms with Gasteiger partial charge in [-0.1, -0.05) is 48.0 Å². The summed E-state index contributed by atoms with van der Waals surface area (Å²) in [6.07, 6.45) is 2.72. The fraction of sp³-hybridized carbons (Fsp3) is 0.447. The number of halogens is 2. The maximum absolute atomic E-state index is 15.0. The summed E-state index contributed by atoms with van der Waals surface area (Å²) in [6.45, 7) is 8.65. The summed E-state index contributed by atoms with van der Waals surface area (Å²) in [4.78, 5) is 41.1. The van der Waals surface area contributed by atoms with Gasteiger partial charge >= 0.3 is 6.09 Å². The highest BCUT2D eigenvalue weighted by Gasteiger charge is 2.29. The van der Waals surface area contributed by atoms with Crippen LogP contribution in [0, 0.1) is 12.7 Å². The van der Waals surface area contributed by atoms with Crippen molar-refractivity contribution in [1.29, 1.82) is 0 Å². The molecular weight excluding hydrogens is 859 g/mol. The molecule has 0 unspecified atom stereocenters. The lowest BCUT2D eigenvalue weighted by Crippen LogP contribution is -2.45. The standard InChI is InChI=1S/C47H60ClFN8O8/c1-33-27-35(29-37(49)28-33)39-31-53-45(52-14-13-51-42(58)11-17-60-19-21-62-23-25-64-26-24-63-22-20-61-18-12-50)43(46-55-40-8-7-36(48)30-41(40)56-46)44(39)57-15-9-38(10-16-57)54-47(59)65-32-34-5-3-2-4-6-34/h2-8,27-31,38H,9-26,32,50H2,1H3,(H,51,58)(H,52,53)(H,54,59)(H,55,56). The topological polar surface area (TPSA) is 196 Å². The van der Waals surface area contributed by atoms with E-state index < -0.39 is 6.09 Å². The second-order valence-corrected chi connectivity index (χ2v) is 15.8. The first kappa shape index (κ1) is 49.0. The highest BCUT2D eigenvalue weighted by Crippen LogP contribution is 2.44. The minimum Gasteiger partial charge on any atom is -0.445 e. The van der Waals surface area contributed by atoms with E-state index in [4.69, 9.17) is 55.7 Å². The number of aryl methyl sites for hydroxylation is 1. The van der Waals surface area contributed by atoms with Gasteiger partial charge in [-0.3, -0.25) is 4.79 Å². The van der Waals surface area contributed by atoms with Gasteiger partial charge in [-0.15, -0.1) is 0 Å². The minimum absolute atomic E-state index is 0.117. The van der Waals surface area contributed by atoms with Gasteiger partial charge in [-0.05, 0) is 66.8 Å². The summed E-state index contributed by atoms with van der Waals surface area (Å²) in [5.74, 6) is 0.539. The van der Waals surface area contributed by atoms with Gasteiger partial charge in [0.05, 0.1) is 88.4 Å². The highest BCUT2D eigenvalue weighted by molar-refractivity contribution is 6.31. The predicted octanol–water partition coefficient (Wildman–Crippen LogP) is 6.25. The third kappa shape index (κ3) is 15.9. The number of rotatable bonds is 27. The number of hydrogen-bond donors (Lipinski definition) is 5. The summed E-state index contributed by atoms with van der Waals surface area (Å²) in [6, 6.07) is 19.8. The van der Waals surface area contributed by atoms with Gasteiger partial charge in [0.1, 0.15) is 24.1 Å². The molecule has 3 heterocycles. The fourth-order valence-electron chi connectivity index (χ4n) is 7.27. The van der Waals surface area contributed by atoms with Crippen LogP contribution >= 0.6 is 11.6 Å². The molecule has 0 saturated carbocycles. The van der Waals surface area contributed by atoms with Gasteiger partial charge < -0.3 is 60.0 Å². The van der Waals surface area contributed by atoms with Crippen LogP contribution in [0.5, 0.6) is 0 Å². The maximum Gasteiger partial charge on any atom is 0.407 e. The number of alkyl carbamates (subject to hydrolysis) is 1. The Kier molecular flexibility index (Phi) is 20.0. The molecule has 0 atom stereocenters. The van der Waals surface area contributed by atoms with Crippen molar-refractivity contribution in [3.63, 3.8) is 0 Å². The molecule has 3 aromatic carbocycles. The van der Waals surface area contributed by atoms with Crippen LogP contribution in [0.4, 0.5) is 20.7 Å². The molecule has 0 radical (unpaired) electrons. The van der Waals surface area contributed by atoms with Crippen molar-refractivity contribution in [2.24, 2.45) is 5.73 Å². The molecule has 0 spiro atoms. The smallest absolute Gasteiger partial charge is 0.407 e. The first-order valence-electron chi connectivity index (χ1n) is 22.0. The number of aromatic amines is 1. The summed E-state index contributed by atoms with van der Waals surface area (Å²) in [5, 5.41) is 9.95. The number of nitrogens with two attached hydrogens (primary N) is 1. The van der Waals surface area contributed by atoms with E-state index in [1.165, 1.54) is 12.1 Å². The van der Waals surface area contributed by atoms with E-state index in [1.807, 2.05) is 49.4 Å². The fourth-order valence-corrected chi connectivity index (χ4v) is 7.44. The molecule has 0 aliphatic carbocycles. The van der Waals surface area contributed by atoms with Gasteiger partial charge in [0, 0.05) is 62.0 Å². The second kappa shape index (κ2) is 26.5. The Hall–Kier alpha value is -5.40. The molecule has 2 amide bonds. The number of carbonyl (C=O) groups excluding carboxylic acids is 2. The molecule has 16 nitrogen and oxygen atoms in total. The summed E-state index contributed by atoms with van der Waals surface area (Å²) in [5.41, 5.74) is 11.3. The zero-order valence-corrected chi connectivity index (χ0v) is 37.6. The maximum atomic E-state index is 15.0. The quantitative estimate of drug-likeness (QED) is 0.0372. The van der Waals surface area contributed by atoms with E-state index in [0.717, 1.165) is 27.9 Å². The molecule has 6 rings (SSSR count). The number of anilines is 2. The highest BCUT2D eigenvalue weighted by atomic mass is 35.5. The van der Waals surface area contributed by atoms with E-state index in [-0.39, 0.29) is 37.4 Å². The number of nitrogens with one attached hydrogen (secondary N) is 4. The number of imidazole rings is 1. The number of amides is 2. The Morgan fingerprint density at radius 1 is 0.862 bits per heavy atom. The third-order valence-corrected chi connectivity index (χ3v) is 10.6. The molecule has 18 heteroatoms. The Labute approximate surface area is 384 Å². The van der Waals surface area contributed by atoms with Crippen LogP contribution in [0.1, 0.15) is 30.4 Å². The lowest BCUT2D eigenvalue weighted by molar-refractivity contribution is -0.122. The summed E-state index contributed by atoms with van der Waals surface area (Å²) < 4.78 is 47.8. The number of hydrogen-bond acceptors (Lipinski definition) is 13. The molecule has 5 aromatic rings. The number of pyridine rings is 1. The molecule has 1 aliphatic heterocycles. The second-order valence-electron chi connectivity index (χ2n) is 15.4. The molecule has 1 aliphatic rings. The number of piperidine rings is 1. The normalized spacial score (nSPS) is 13.0. The first-order valence-corrected chi connectivity index (χ1v) is 22.4. The van der Waals surface area contributed by atoms with Gasteiger partial charge in [0.2, 0.25) is 5.91 Å². The number of fused-ring (bicyclic) bond motifs is 1. The molecule has 65 heavy (non-hydrogen) atoms. The van der Waals surface area contributed by atoms with Crippen molar-refractivity contribution in [2.75, 3.05) is 109 Å². The number of benzene rings is 3. The molecule has 1 saturated heterocycles. The molecular formula is C47H60ClFN8O8. The number of ether oxygens (including phenoxy) is 6. The largest absolute Gasteiger partial charge is 0.445 e. The molecule has 0 bridgehead atoms. The van der Waals surface area contributed by atoms with Crippen molar-refractivity contribution in [3.8, 4) is 22.5 Å². The molecule has 6 N–H and O–H groups in total. The van der Waals surface area contributed by atoms with Gasteiger partial charge in [0.25, 0.3) is 0 Å². The van der Waals surface area contributed by atoms with Gasteiger partial charge in [0.15, 0.2) is 0 Å². The average Bonchev–Trinajstić information content (AvgIpc) is 3.72. The number of nitrogens with zero attached hydrogens (tertiary/aromatic N) is 3. The van der Waals surface area contributed by atoms with Crippen molar-refractivity contribution in [1.82, 2.24) is 25.6 Å². The molecule has 350 valence electrons. The zero-order chi connectivity index (χ0) is 45.6. The van der Waals surface area contributed by atoms with Crippen molar-refractivity contribution in [2.45, 2.75) is 38.8 Å². The number of H-pyrrole nitrogens is 1. The Morgan fingerprint density at radius 3 is 2.22 bits per heavy atom. The lowest BCUT2D eigenvalue weighted by Gasteiger charge is -2.36. The van der Waals surface area contributed by atoms with Crippen molar-refractivity contribution < 1.29 is 42.4 Å². The van der Waals surface area contributed by atoms with E-state index in [9.17, 15) is 9.59 Å². The summed E-state index contributed by atoms with van der Waals surface area (Å²) in [7, 11) is 0. The van der Waals surface area contributed by atoms with E-state index in [2.05, 4.69) is 25.8 Å². The number of aromatic nitrogens is 3. The van der Waals surface area contributed by atoms with E-state index in [1.54, 1.807) is 18.3 Å². The van der Waals surface area contributed by atoms with Gasteiger partial charge in [-0.25, -0.2) is 19.2 Å². The monoisotopic (exact) mass is 918 g/mol. The first-order chi connectivity index (χ1) is 31.8. The molecule has 2 aromatic heterocycles. The van der Waals surface area contributed by atoms with Gasteiger partial charge in [-0.2, -0.15) is 0 Å². The number of carbonyl (C=O) groups is 2. The lowest BCUT2D eigenvalue weighted by atomic mass is 9.96. The Morgan fingerprint density at radius 2 is 1.54 bits per heavy atom. The van der Waals surface area contributed by atoms with Crippen LogP contribution in [-0.2, 0) is 39.8 Å². The van der Waals surface area contributed by atoms with Crippen LogP contribution in [0.25, 0.3) is 33.5 Å². The van der Waals surface area contributed by atoms with Crippen molar-refractivity contribution >= 4 is 46.1 Å². The average molecular weight is 919 g/mol. The van der Waals surface area contributed by atoms with Crippen LogP contribution in [0.15, 0.2) is 72.9 Å². The van der Waals surface area contributed by atoms with E-state index in [0.29, 0.717) is 138 Å². The van der Waals surface area contributed by atoms with Crippen LogP contribution < -0.4 is 26.6 Å². The van der Waals surface area contributed by atoms with Crippen LogP contribution in [-0.4, -0.2) is 132 Å². The Balaban J connectivity index is 1.05. The third-order valence-electron chi connectivity index (χ3n) is 10.4. The minimum atomic E-state index is -0.470. The summed E-state index contributed by atoms with van der Waals surface area (Å²) >= 11 is 6.38. The zero-order valence-electron chi connectivity index (χ0n) is 36.9. The van der Waals surface area contributed by atoms with Crippen LogP contribution in [0.3, 0.4) is 0 Å². The van der Waals surface area contributed by atoms with E-state index >= 15 is 4.39 Å². The predicted molar refractivity (Wildman–Crippen MR) is 249 cm³/mol. The Bertz CT molecular complexity index is 2230. The SMILES string of the molecule is Cc1cc(F)cc(-c2cnc(NCCNC(=O)CCOCCOCCOCCOCCOCCN)c(-c3nc4cc(Cl)ccc4[nH]3)c2N2CCC(NC(=O)OCc3ccccc3)CC2)c1.